The molecule has 0 aliphatic heterocycles. The number of anilines is 2. The minimum Gasteiger partial charge on any atom is -0.481 e. The van der Waals surface area contributed by atoms with Crippen molar-refractivity contribution < 1.29 is 19.5 Å². The molecule has 0 saturated heterocycles. The molecule has 1 aliphatic carbocycles. The van der Waals surface area contributed by atoms with Gasteiger partial charge in [-0.2, -0.15) is 0 Å². The summed E-state index contributed by atoms with van der Waals surface area (Å²) in [5.41, 5.74) is 3.24. The van der Waals surface area contributed by atoms with Gasteiger partial charge in [0.15, 0.2) is 0 Å². The topological polar surface area (TPSA) is 95.5 Å². The van der Waals surface area contributed by atoms with Crippen molar-refractivity contribution >= 4 is 40.9 Å². The summed E-state index contributed by atoms with van der Waals surface area (Å²) >= 11 is 1.42. The maximum Gasteiger partial charge on any atom is 0.307 e. The maximum atomic E-state index is 13.3. The molecule has 7 heteroatoms. The Labute approximate surface area is 214 Å². The predicted octanol–water partition coefficient (Wildman–Crippen LogP) is 6.07. The maximum absolute atomic E-state index is 13.3. The van der Waals surface area contributed by atoms with Gasteiger partial charge in [-0.15, -0.1) is 11.8 Å². The van der Waals surface area contributed by atoms with Crippen LogP contribution in [0.4, 0.5) is 11.4 Å². The van der Waals surface area contributed by atoms with E-state index in [1.54, 1.807) is 12.1 Å². The van der Waals surface area contributed by atoms with Gasteiger partial charge in [-0.1, -0.05) is 60.7 Å². The Morgan fingerprint density at radius 2 is 1.47 bits per heavy atom. The first-order chi connectivity index (χ1) is 17.4. The zero-order valence-electron chi connectivity index (χ0n) is 19.9. The van der Waals surface area contributed by atoms with Gasteiger partial charge >= 0.3 is 5.97 Å². The van der Waals surface area contributed by atoms with Gasteiger partial charge in [0, 0.05) is 16.3 Å². The minimum atomic E-state index is -0.956. The van der Waals surface area contributed by atoms with E-state index in [1.807, 2.05) is 85.8 Å². The average molecular weight is 501 g/mol. The summed E-state index contributed by atoms with van der Waals surface area (Å²) in [5, 5.41) is 14.9. The zero-order valence-corrected chi connectivity index (χ0v) is 20.7. The molecule has 3 N–H and O–H groups in total. The first-order valence-electron chi connectivity index (χ1n) is 11.8. The van der Waals surface area contributed by atoms with Crippen LogP contribution in [-0.2, 0) is 14.4 Å². The minimum absolute atomic E-state index is 0.122. The fourth-order valence-electron chi connectivity index (χ4n) is 4.18. The summed E-state index contributed by atoms with van der Waals surface area (Å²) in [5.74, 6) is -2.70. The smallest absolute Gasteiger partial charge is 0.307 e. The molecular weight excluding hydrogens is 472 g/mol. The molecule has 6 nitrogen and oxygen atoms in total. The number of nitrogens with one attached hydrogen (secondary N) is 2. The van der Waals surface area contributed by atoms with Crippen LogP contribution in [0.25, 0.3) is 0 Å². The van der Waals surface area contributed by atoms with Gasteiger partial charge in [-0.25, -0.2) is 0 Å². The molecule has 36 heavy (non-hydrogen) atoms. The molecule has 0 fully saturated rings. The quantitative estimate of drug-likeness (QED) is 0.258. The second kappa shape index (κ2) is 11.7. The summed E-state index contributed by atoms with van der Waals surface area (Å²) in [7, 11) is 0. The zero-order chi connectivity index (χ0) is 25.5. The highest BCUT2D eigenvalue weighted by Crippen LogP contribution is 2.37. The Hall–Kier alpha value is -3.84. The van der Waals surface area contributed by atoms with Crippen molar-refractivity contribution in [1.29, 1.82) is 0 Å². The van der Waals surface area contributed by atoms with Gasteiger partial charge in [0.1, 0.15) is 5.25 Å². The Kier molecular flexibility index (Phi) is 8.23. The molecule has 3 aromatic carbocycles. The Morgan fingerprint density at radius 3 is 2.14 bits per heavy atom. The second-order valence-electron chi connectivity index (χ2n) is 8.72. The lowest BCUT2D eigenvalue weighted by atomic mass is 9.82. The normalized spacial score (nSPS) is 17.7. The van der Waals surface area contributed by atoms with E-state index < -0.39 is 23.1 Å². The molecule has 184 valence electrons. The SMILES string of the molecule is Cc1ccccc1NC(=O)C(Sc1ccc(NC(=O)C2CC=CCC2C(=O)O)cc1)c1ccccc1. The third kappa shape index (κ3) is 6.23. The first-order valence-corrected chi connectivity index (χ1v) is 12.7. The number of hydrogen-bond acceptors (Lipinski definition) is 4. The number of carboxylic acid groups (broad SMARTS) is 1. The van der Waals surface area contributed by atoms with E-state index in [1.165, 1.54) is 11.8 Å². The average Bonchev–Trinajstić information content (AvgIpc) is 2.90. The van der Waals surface area contributed by atoms with Crippen molar-refractivity contribution in [2.45, 2.75) is 29.9 Å². The summed E-state index contributed by atoms with van der Waals surface area (Å²) < 4.78 is 0. The third-order valence-electron chi connectivity index (χ3n) is 6.21. The Morgan fingerprint density at radius 1 is 0.833 bits per heavy atom. The number of amides is 2. The first kappa shape index (κ1) is 25.3. The molecule has 0 radical (unpaired) electrons. The number of thioether (sulfide) groups is 1. The Bertz CT molecular complexity index is 1260. The van der Waals surface area contributed by atoms with Crippen LogP contribution in [0.3, 0.4) is 0 Å². The molecule has 3 atom stereocenters. The van der Waals surface area contributed by atoms with Gasteiger partial charge in [-0.05, 0) is 61.2 Å². The fourth-order valence-corrected chi connectivity index (χ4v) is 5.20. The van der Waals surface area contributed by atoms with Gasteiger partial charge in [0.2, 0.25) is 11.8 Å². The van der Waals surface area contributed by atoms with Crippen molar-refractivity contribution in [3.63, 3.8) is 0 Å². The van der Waals surface area contributed by atoms with Crippen molar-refractivity contribution in [3.05, 3.63) is 102 Å². The van der Waals surface area contributed by atoms with Gasteiger partial charge in [0.05, 0.1) is 11.8 Å². The molecular formula is C29H28N2O4S. The number of carboxylic acids is 1. The standard InChI is InChI=1S/C29H28N2O4S/c1-19-9-5-8-14-25(19)31-28(33)26(20-10-3-2-4-11-20)36-22-17-15-21(16-18-22)30-27(32)23-12-6-7-13-24(23)29(34)35/h2-11,14-18,23-24,26H,12-13H2,1H3,(H,30,32)(H,31,33)(H,34,35). The van der Waals surface area contributed by atoms with Crippen LogP contribution in [0, 0.1) is 18.8 Å². The van der Waals surface area contributed by atoms with E-state index in [0.29, 0.717) is 18.5 Å². The monoisotopic (exact) mass is 500 g/mol. The van der Waals surface area contributed by atoms with Crippen LogP contribution >= 0.6 is 11.8 Å². The number of allylic oxidation sites excluding steroid dienone is 2. The molecule has 0 bridgehead atoms. The summed E-state index contributed by atoms with van der Waals surface area (Å²) in [4.78, 5) is 38.4. The lowest BCUT2D eigenvalue weighted by molar-refractivity contribution is -0.146. The molecule has 2 amide bonds. The number of para-hydroxylation sites is 1. The lowest BCUT2D eigenvalue weighted by Crippen LogP contribution is -2.34. The molecule has 0 spiro atoms. The number of hydrogen-bond donors (Lipinski definition) is 3. The van der Waals surface area contributed by atoms with Crippen LogP contribution in [0.1, 0.15) is 29.2 Å². The highest BCUT2D eigenvalue weighted by atomic mass is 32.2. The number of carbonyl (C=O) groups is 3. The highest BCUT2D eigenvalue weighted by Gasteiger charge is 2.34. The second-order valence-corrected chi connectivity index (χ2v) is 9.90. The van der Waals surface area contributed by atoms with Crippen molar-refractivity contribution in [2.24, 2.45) is 11.8 Å². The van der Waals surface area contributed by atoms with Crippen LogP contribution in [0.2, 0.25) is 0 Å². The molecule has 4 rings (SSSR count). The largest absolute Gasteiger partial charge is 0.481 e. The van der Waals surface area contributed by atoms with E-state index in [0.717, 1.165) is 21.7 Å². The molecule has 3 unspecified atom stereocenters. The van der Waals surface area contributed by atoms with Crippen molar-refractivity contribution in [2.75, 3.05) is 10.6 Å². The third-order valence-corrected chi connectivity index (χ3v) is 7.47. The van der Waals surface area contributed by atoms with Gasteiger partial charge in [-0.3, -0.25) is 14.4 Å². The number of benzene rings is 3. The summed E-state index contributed by atoms with van der Waals surface area (Å²) in [6.07, 6.45) is 4.43. The van der Waals surface area contributed by atoms with Crippen molar-refractivity contribution in [3.8, 4) is 0 Å². The van der Waals surface area contributed by atoms with E-state index >= 15 is 0 Å². The predicted molar refractivity (Wildman–Crippen MR) is 143 cm³/mol. The van der Waals surface area contributed by atoms with E-state index in [9.17, 15) is 19.5 Å². The van der Waals surface area contributed by atoms with Crippen LogP contribution < -0.4 is 10.6 Å². The molecule has 1 aliphatic rings. The van der Waals surface area contributed by atoms with Crippen LogP contribution in [0.5, 0.6) is 0 Å². The molecule has 0 saturated carbocycles. The van der Waals surface area contributed by atoms with E-state index in [4.69, 9.17) is 0 Å². The lowest BCUT2D eigenvalue weighted by Gasteiger charge is -2.24. The summed E-state index contributed by atoms with van der Waals surface area (Å²) in [6.45, 7) is 1.95. The highest BCUT2D eigenvalue weighted by molar-refractivity contribution is 8.00. The Balaban J connectivity index is 1.47. The van der Waals surface area contributed by atoms with E-state index in [-0.39, 0.29) is 11.8 Å². The van der Waals surface area contributed by atoms with Crippen LogP contribution in [-0.4, -0.2) is 22.9 Å². The number of carbonyl (C=O) groups excluding carboxylic acids is 2. The number of aryl methyl sites for hydroxylation is 1. The van der Waals surface area contributed by atoms with Gasteiger partial charge < -0.3 is 15.7 Å². The molecule has 0 heterocycles. The summed E-state index contributed by atoms with van der Waals surface area (Å²) in [6, 6.07) is 24.5. The van der Waals surface area contributed by atoms with Crippen molar-refractivity contribution in [1.82, 2.24) is 0 Å². The van der Waals surface area contributed by atoms with E-state index in [2.05, 4.69) is 10.6 Å². The number of rotatable bonds is 8. The number of aliphatic carboxylic acids is 1. The fraction of sp³-hybridized carbons (Fsp3) is 0.207. The van der Waals surface area contributed by atoms with Gasteiger partial charge in [0.25, 0.3) is 0 Å². The molecule has 0 aromatic heterocycles. The van der Waals surface area contributed by atoms with Crippen LogP contribution in [0.15, 0.2) is 95.9 Å². The molecule has 3 aromatic rings.